The molecule has 0 bridgehead atoms. The molecule has 1 aromatic carbocycles. The first kappa shape index (κ1) is 22.6. The maximum absolute atomic E-state index is 5.87. The van der Waals surface area contributed by atoms with Crippen LogP contribution in [0.2, 0.25) is 0 Å². The normalized spacial score (nSPS) is 24.1. The molecular weight excluding hydrogens is 354 g/mol. The second-order valence-electron chi connectivity index (χ2n) is 10.5. The maximum atomic E-state index is 5.87. The number of hydrogen-bond donors (Lipinski definition) is 1. The molecular formula is C26H45N3. The van der Waals surface area contributed by atoms with E-state index in [1.165, 1.54) is 82.5 Å². The number of nitrogens with two attached hydrogens (primary N) is 1. The van der Waals surface area contributed by atoms with Crippen LogP contribution in [0.25, 0.3) is 0 Å². The molecule has 0 aromatic heterocycles. The van der Waals surface area contributed by atoms with Gasteiger partial charge in [-0.1, -0.05) is 46.2 Å². The molecule has 2 N–H and O–H groups in total. The maximum Gasteiger partial charge on any atom is 0.0405 e. The molecule has 164 valence electrons. The Bertz CT molecular complexity index is 617. The molecule has 3 nitrogen and oxygen atoms in total. The number of hydrogen-bond acceptors (Lipinski definition) is 3. The minimum atomic E-state index is 0.452. The molecule has 2 fully saturated rings. The van der Waals surface area contributed by atoms with Gasteiger partial charge in [0.2, 0.25) is 0 Å². The van der Waals surface area contributed by atoms with Crippen molar-refractivity contribution < 1.29 is 0 Å². The molecule has 3 rings (SSSR count). The van der Waals surface area contributed by atoms with Gasteiger partial charge in [0.05, 0.1) is 0 Å². The topological polar surface area (TPSA) is 32.5 Å². The lowest BCUT2D eigenvalue weighted by molar-refractivity contribution is 0.169. The summed E-state index contributed by atoms with van der Waals surface area (Å²) >= 11 is 0. The first-order chi connectivity index (χ1) is 13.9. The van der Waals surface area contributed by atoms with Crippen LogP contribution in [0.15, 0.2) is 18.2 Å². The smallest absolute Gasteiger partial charge is 0.0405 e. The second kappa shape index (κ2) is 10.3. The lowest BCUT2D eigenvalue weighted by Crippen LogP contribution is -2.47. The van der Waals surface area contributed by atoms with Crippen molar-refractivity contribution in [3.63, 3.8) is 0 Å². The summed E-state index contributed by atoms with van der Waals surface area (Å²) in [5.41, 5.74) is 10.9. The Morgan fingerprint density at radius 3 is 2.28 bits per heavy atom. The van der Waals surface area contributed by atoms with Crippen molar-refractivity contribution >= 4 is 5.69 Å². The van der Waals surface area contributed by atoms with Crippen molar-refractivity contribution in [1.29, 1.82) is 0 Å². The zero-order chi connectivity index (χ0) is 20.9. The van der Waals surface area contributed by atoms with E-state index in [-0.39, 0.29) is 0 Å². The van der Waals surface area contributed by atoms with Crippen molar-refractivity contribution in [1.82, 2.24) is 4.90 Å². The molecule has 2 aliphatic rings. The van der Waals surface area contributed by atoms with Crippen LogP contribution in [0, 0.1) is 11.3 Å². The molecule has 0 spiro atoms. The van der Waals surface area contributed by atoms with E-state index in [4.69, 9.17) is 5.73 Å². The average molecular weight is 400 g/mol. The summed E-state index contributed by atoms with van der Waals surface area (Å²) in [4.78, 5) is 5.32. The Morgan fingerprint density at radius 1 is 1.00 bits per heavy atom. The minimum Gasteiger partial charge on any atom is -0.369 e. The predicted octanol–water partition coefficient (Wildman–Crippen LogP) is 5.43. The Hall–Kier alpha value is -1.06. The Morgan fingerprint density at radius 2 is 1.69 bits per heavy atom. The monoisotopic (exact) mass is 399 g/mol. The van der Waals surface area contributed by atoms with Crippen molar-refractivity contribution in [2.24, 2.45) is 17.1 Å². The summed E-state index contributed by atoms with van der Waals surface area (Å²) in [7, 11) is 0. The minimum absolute atomic E-state index is 0.452. The van der Waals surface area contributed by atoms with Crippen molar-refractivity contribution in [3.05, 3.63) is 29.3 Å². The van der Waals surface area contributed by atoms with E-state index in [0.29, 0.717) is 5.41 Å². The number of anilines is 1. The van der Waals surface area contributed by atoms with Gasteiger partial charge in [-0.15, -0.1) is 0 Å². The quantitative estimate of drug-likeness (QED) is 0.663. The zero-order valence-electron chi connectivity index (χ0n) is 19.6. The number of unbranched alkanes of at least 4 members (excludes halogenated alkanes) is 1. The molecule has 0 amide bonds. The summed E-state index contributed by atoms with van der Waals surface area (Å²) in [6.45, 7) is 16.3. The summed E-state index contributed by atoms with van der Waals surface area (Å²) in [6, 6.07) is 7.27. The molecule has 3 heteroatoms. The summed E-state index contributed by atoms with van der Waals surface area (Å²) in [5, 5.41) is 0. The molecule has 29 heavy (non-hydrogen) atoms. The van der Waals surface area contributed by atoms with E-state index in [1.807, 2.05) is 0 Å². The van der Waals surface area contributed by atoms with Gasteiger partial charge in [0, 0.05) is 31.9 Å². The SMILES string of the molecule is CCCCN1CCN(c2cc(CCN)ccc2C2CCC(C(C)(C)C)CC2)CC1. The third kappa shape index (κ3) is 5.98. The molecule has 1 saturated carbocycles. The van der Waals surface area contributed by atoms with Crippen LogP contribution in [0.3, 0.4) is 0 Å². The van der Waals surface area contributed by atoms with Crippen LogP contribution in [0.4, 0.5) is 5.69 Å². The third-order valence-corrected chi connectivity index (χ3v) is 7.46. The predicted molar refractivity (Wildman–Crippen MR) is 127 cm³/mol. The molecule has 1 aliphatic heterocycles. The van der Waals surface area contributed by atoms with E-state index in [0.717, 1.165) is 24.8 Å². The van der Waals surface area contributed by atoms with Gasteiger partial charge in [0.25, 0.3) is 0 Å². The van der Waals surface area contributed by atoms with E-state index >= 15 is 0 Å². The van der Waals surface area contributed by atoms with E-state index in [2.05, 4.69) is 55.7 Å². The van der Waals surface area contributed by atoms with Gasteiger partial charge in [0.1, 0.15) is 0 Å². The second-order valence-corrected chi connectivity index (χ2v) is 10.5. The van der Waals surface area contributed by atoms with Gasteiger partial charge in [-0.2, -0.15) is 0 Å². The van der Waals surface area contributed by atoms with Crippen molar-refractivity contribution in [2.45, 2.75) is 78.6 Å². The largest absolute Gasteiger partial charge is 0.369 e. The van der Waals surface area contributed by atoms with Crippen LogP contribution in [-0.4, -0.2) is 44.2 Å². The molecule has 1 aliphatic carbocycles. The van der Waals surface area contributed by atoms with Gasteiger partial charge >= 0.3 is 0 Å². The highest BCUT2D eigenvalue weighted by Crippen LogP contribution is 2.45. The highest BCUT2D eigenvalue weighted by molar-refractivity contribution is 5.57. The third-order valence-electron chi connectivity index (χ3n) is 7.46. The fourth-order valence-electron chi connectivity index (χ4n) is 5.40. The van der Waals surface area contributed by atoms with Crippen LogP contribution < -0.4 is 10.6 Å². The highest BCUT2D eigenvalue weighted by Gasteiger charge is 2.32. The average Bonchev–Trinajstić information content (AvgIpc) is 2.72. The van der Waals surface area contributed by atoms with Crippen LogP contribution in [0.1, 0.15) is 83.3 Å². The van der Waals surface area contributed by atoms with Gasteiger partial charge in [-0.05, 0) is 86.1 Å². The number of piperazine rings is 1. The van der Waals surface area contributed by atoms with Crippen LogP contribution in [-0.2, 0) is 6.42 Å². The number of rotatable bonds is 7. The van der Waals surface area contributed by atoms with E-state index < -0.39 is 0 Å². The van der Waals surface area contributed by atoms with Crippen molar-refractivity contribution in [3.8, 4) is 0 Å². The summed E-state index contributed by atoms with van der Waals surface area (Å²) < 4.78 is 0. The first-order valence-electron chi connectivity index (χ1n) is 12.2. The summed E-state index contributed by atoms with van der Waals surface area (Å²) in [5.74, 6) is 1.61. The fraction of sp³-hybridized carbons (Fsp3) is 0.769. The molecule has 1 heterocycles. The lowest BCUT2D eigenvalue weighted by atomic mass is 9.68. The Balaban J connectivity index is 1.73. The van der Waals surface area contributed by atoms with E-state index in [9.17, 15) is 0 Å². The van der Waals surface area contributed by atoms with Gasteiger partial charge in [0.15, 0.2) is 0 Å². The lowest BCUT2D eigenvalue weighted by Gasteiger charge is -2.40. The van der Waals surface area contributed by atoms with E-state index in [1.54, 1.807) is 5.56 Å². The zero-order valence-corrected chi connectivity index (χ0v) is 19.6. The Kier molecular flexibility index (Phi) is 8.04. The van der Waals surface area contributed by atoms with Gasteiger partial charge < -0.3 is 10.6 Å². The standard InChI is InChI=1S/C26H45N3/c1-5-6-15-28-16-18-29(19-17-28)25-20-21(13-14-27)7-12-24(25)22-8-10-23(11-9-22)26(2,3)4/h7,12,20,22-23H,5-6,8-11,13-19,27H2,1-4H3. The first-order valence-corrected chi connectivity index (χ1v) is 12.2. The summed E-state index contributed by atoms with van der Waals surface area (Å²) in [6.07, 6.45) is 9.06. The van der Waals surface area contributed by atoms with Crippen LogP contribution in [0.5, 0.6) is 0 Å². The molecule has 0 unspecified atom stereocenters. The van der Waals surface area contributed by atoms with Gasteiger partial charge in [-0.25, -0.2) is 0 Å². The molecule has 0 radical (unpaired) electrons. The Labute approximate surface area is 180 Å². The molecule has 1 aromatic rings. The van der Waals surface area contributed by atoms with Gasteiger partial charge in [-0.3, -0.25) is 4.90 Å². The number of benzene rings is 1. The highest BCUT2D eigenvalue weighted by atomic mass is 15.3. The van der Waals surface area contributed by atoms with Crippen LogP contribution >= 0.6 is 0 Å². The molecule has 1 saturated heterocycles. The number of nitrogens with zero attached hydrogens (tertiary/aromatic N) is 2. The fourth-order valence-corrected chi connectivity index (χ4v) is 5.40. The van der Waals surface area contributed by atoms with Crippen molar-refractivity contribution in [2.75, 3.05) is 44.2 Å². The molecule has 0 atom stereocenters.